The molecular formula is C13H16ClN3O2. The number of carbonyl (C=O) groups is 1. The van der Waals surface area contributed by atoms with E-state index < -0.39 is 6.09 Å². The molecule has 2 aliphatic rings. The fraction of sp³-hybridized carbons (Fsp3) is 0.538. The summed E-state index contributed by atoms with van der Waals surface area (Å²) in [4.78, 5) is 19.5. The lowest BCUT2D eigenvalue weighted by Gasteiger charge is -2.42. The van der Waals surface area contributed by atoms with Crippen LogP contribution in [0, 0.1) is 6.92 Å². The molecule has 1 aromatic heterocycles. The second-order valence-electron chi connectivity index (χ2n) is 5.34. The van der Waals surface area contributed by atoms with Gasteiger partial charge >= 0.3 is 6.09 Å². The van der Waals surface area contributed by atoms with Crippen LogP contribution >= 0.6 is 11.6 Å². The molecule has 1 N–H and O–H groups in total. The monoisotopic (exact) mass is 281 g/mol. The van der Waals surface area contributed by atoms with Gasteiger partial charge in [0.25, 0.3) is 0 Å². The highest BCUT2D eigenvalue weighted by Crippen LogP contribution is 2.37. The second kappa shape index (κ2) is 4.27. The third-order valence-corrected chi connectivity index (χ3v) is 4.34. The van der Waals surface area contributed by atoms with Gasteiger partial charge in [-0.3, -0.25) is 0 Å². The Bertz CT molecular complexity index is 549. The third kappa shape index (κ3) is 1.92. The van der Waals surface area contributed by atoms with Crippen molar-refractivity contribution < 1.29 is 9.90 Å². The Balaban J connectivity index is 1.96. The minimum absolute atomic E-state index is 0.143. The molecule has 1 aromatic rings. The molecule has 3 heterocycles. The number of piperazine rings is 1. The van der Waals surface area contributed by atoms with Crippen molar-refractivity contribution in [3.63, 3.8) is 0 Å². The minimum atomic E-state index is -0.843. The highest BCUT2D eigenvalue weighted by molar-refractivity contribution is 6.31. The number of fused-ring (bicyclic) bond motifs is 3. The zero-order chi connectivity index (χ0) is 13.7. The maximum absolute atomic E-state index is 11.1. The van der Waals surface area contributed by atoms with Crippen LogP contribution in [0.25, 0.3) is 0 Å². The van der Waals surface area contributed by atoms with Crippen LogP contribution in [-0.4, -0.2) is 46.3 Å². The fourth-order valence-corrected chi connectivity index (χ4v) is 3.29. The molecule has 5 nitrogen and oxygen atoms in total. The Morgan fingerprint density at radius 3 is 2.95 bits per heavy atom. The lowest BCUT2D eigenvalue weighted by atomic mass is 10.1. The number of halogens is 1. The van der Waals surface area contributed by atoms with Gasteiger partial charge < -0.3 is 14.9 Å². The van der Waals surface area contributed by atoms with Crippen LogP contribution in [0.3, 0.4) is 0 Å². The van der Waals surface area contributed by atoms with Crippen molar-refractivity contribution in [2.75, 3.05) is 18.0 Å². The van der Waals surface area contributed by atoms with E-state index >= 15 is 0 Å². The summed E-state index contributed by atoms with van der Waals surface area (Å²) in [6.45, 7) is 5.00. The summed E-state index contributed by atoms with van der Waals surface area (Å²) in [5, 5.41) is 9.83. The molecule has 2 atom stereocenters. The molecule has 19 heavy (non-hydrogen) atoms. The molecule has 0 unspecified atom stereocenters. The van der Waals surface area contributed by atoms with E-state index in [4.69, 9.17) is 16.7 Å². The fourth-order valence-electron chi connectivity index (χ4n) is 3.12. The Hall–Kier alpha value is -1.49. The number of anilines is 1. The number of carboxylic acid groups (broad SMARTS) is 1. The molecule has 3 rings (SSSR count). The maximum Gasteiger partial charge on any atom is 0.407 e. The Morgan fingerprint density at radius 1 is 1.53 bits per heavy atom. The van der Waals surface area contributed by atoms with Crippen molar-refractivity contribution in [3.05, 3.63) is 22.3 Å². The van der Waals surface area contributed by atoms with Gasteiger partial charge in [0.15, 0.2) is 0 Å². The van der Waals surface area contributed by atoms with Gasteiger partial charge in [0.1, 0.15) is 5.82 Å². The van der Waals surface area contributed by atoms with Crippen LogP contribution in [-0.2, 0) is 6.42 Å². The topological polar surface area (TPSA) is 56.7 Å². The first-order valence-electron chi connectivity index (χ1n) is 6.39. The van der Waals surface area contributed by atoms with Crippen molar-refractivity contribution in [1.29, 1.82) is 0 Å². The molecular weight excluding hydrogens is 266 g/mol. The molecule has 0 aromatic carbocycles. The Morgan fingerprint density at radius 2 is 2.26 bits per heavy atom. The number of hydrogen-bond donors (Lipinski definition) is 1. The van der Waals surface area contributed by atoms with Crippen LogP contribution < -0.4 is 4.90 Å². The molecule has 0 spiro atoms. The summed E-state index contributed by atoms with van der Waals surface area (Å²) in [6, 6.07) is 2.29. The van der Waals surface area contributed by atoms with E-state index in [2.05, 4.69) is 9.88 Å². The first kappa shape index (κ1) is 12.5. The number of rotatable bonds is 0. The van der Waals surface area contributed by atoms with Gasteiger partial charge in [-0.2, -0.15) is 0 Å². The summed E-state index contributed by atoms with van der Waals surface area (Å²) in [7, 11) is 0. The molecule has 1 saturated heterocycles. The molecule has 6 heteroatoms. The van der Waals surface area contributed by atoms with Crippen molar-refractivity contribution in [3.8, 4) is 0 Å². The first-order chi connectivity index (χ1) is 8.97. The molecule has 0 bridgehead atoms. The highest BCUT2D eigenvalue weighted by Gasteiger charge is 2.40. The SMILES string of the molecule is Cc1nc2c(cc1Cl)C[C@@H]1CN(C(=O)O)C[C@@H](C)N21. The second-order valence-corrected chi connectivity index (χ2v) is 5.75. The summed E-state index contributed by atoms with van der Waals surface area (Å²) >= 11 is 6.12. The largest absolute Gasteiger partial charge is 0.465 e. The standard InChI is InChI=1S/C13H16ClN3O2/c1-7-5-16(13(18)19)6-10-3-9-4-11(14)8(2)15-12(9)17(7)10/h4,7,10H,3,5-6H2,1-2H3,(H,18,19)/t7-,10-/m1/s1. The van der Waals surface area contributed by atoms with Crippen LogP contribution in [0.15, 0.2) is 6.07 Å². The van der Waals surface area contributed by atoms with E-state index in [0.29, 0.717) is 18.1 Å². The molecule has 1 fully saturated rings. The van der Waals surface area contributed by atoms with E-state index in [0.717, 1.165) is 23.5 Å². The summed E-state index contributed by atoms with van der Waals surface area (Å²) < 4.78 is 0. The number of aryl methyl sites for hydroxylation is 1. The number of nitrogens with zero attached hydrogens (tertiary/aromatic N) is 3. The Kier molecular flexibility index (Phi) is 2.82. The quantitative estimate of drug-likeness (QED) is 0.792. The van der Waals surface area contributed by atoms with Crippen molar-refractivity contribution in [2.24, 2.45) is 0 Å². The van der Waals surface area contributed by atoms with E-state index in [1.54, 1.807) is 0 Å². The zero-order valence-electron chi connectivity index (χ0n) is 10.9. The summed E-state index contributed by atoms with van der Waals surface area (Å²) in [5.74, 6) is 0.976. The van der Waals surface area contributed by atoms with Crippen LogP contribution in [0.1, 0.15) is 18.2 Å². The Labute approximate surface area is 116 Å². The normalized spacial score (nSPS) is 25.2. The van der Waals surface area contributed by atoms with E-state index in [1.807, 2.05) is 19.9 Å². The lowest BCUT2D eigenvalue weighted by Crippen LogP contribution is -2.57. The molecule has 2 aliphatic heterocycles. The number of hydrogen-bond acceptors (Lipinski definition) is 3. The molecule has 0 radical (unpaired) electrons. The van der Waals surface area contributed by atoms with Crippen molar-refractivity contribution in [1.82, 2.24) is 9.88 Å². The average Bonchev–Trinajstić information content (AvgIpc) is 2.67. The van der Waals surface area contributed by atoms with Gasteiger partial charge in [-0.25, -0.2) is 9.78 Å². The predicted molar refractivity (Wildman–Crippen MR) is 73.0 cm³/mol. The summed E-state index contributed by atoms with van der Waals surface area (Å²) in [6.07, 6.45) is -0.0270. The van der Waals surface area contributed by atoms with Crippen LogP contribution in [0.5, 0.6) is 0 Å². The predicted octanol–water partition coefficient (Wildman–Crippen LogP) is 2.16. The highest BCUT2D eigenvalue weighted by atomic mass is 35.5. The number of aromatic nitrogens is 1. The molecule has 1 amide bonds. The number of amides is 1. The summed E-state index contributed by atoms with van der Waals surface area (Å²) in [5.41, 5.74) is 1.95. The van der Waals surface area contributed by atoms with Crippen LogP contribution in [0.2, 0.25) is 5.02 Å². The van der Waals surface area contributed by atoms with Crippen molar-refractivity contribution in [2.45, 2.75) is 32.4 Å². The van der Waals surface area contributed by atoms with Gasteiger partial charge in [0, 0.05) is 19.1 Å². The third-order valence-electron chi connectivity index (χ3n) is 3.96. The van der Waals surface area contributed by atoms with Gasteiger partial charge in [0.2, 0.25) is 0 Å². The van der Waals surface area contributed by atoms with E-state index in [9.17, 15) is 4.79 Å². The smallest absolute Gasteiger partial charge is 0.407 e. The van der Waals surface area contributed by atoms with Gasteiger partial charge in [0.05, 0.1) is 16.8 Å². The van der Waals surface area contributed by atoms with E-state index in [-0.39, 0.29) is 12.1 Å². The van der Waals surface area contributed by atoms with E-state index in [1.165, 1.54) is 4.90 Å². The number of pyridine rings is 1. The van der Waals surface area contributed by atoms with Gasteiger partial charge in [-0.1, -0.05) is 11.6 Å². The van der Waals surface area contributed by atoms with Crippen LogP contribution in [0.4, 0.5) is 10.6 Å². The minimum Gasteiger partial charge on any atom is -0.465 e. The molecule has 0 saturated carbocycles. The maximum atomic E-state index is 11.1. The zero-order valence-corrected chi connectivity index (χ0v) is 11.7. The lowest BCUT2D eigenvalue weighted by molar-refractivity contribution is 0.128. The van der Waals surface area contributed by atoms with Gasteiger partial charge in [-0.05, 0) is 31.9 Å². The average molecular weight is 282 g/mol. The van der Waals surface area contributed by atoms with Gasteiger partial charge in [-0.15, -0.1) is 0 Å². The van der Waals surface area contributed by atoms with Crippen molar-refractivity contribution >= 4 is 23.5 Å². The first-order valence-corrected chi connectivity index (χ1v) is 6.77. The molecule has 102 valence electrons. The molecule has 0 aliphatic carbocycles.